The highest BCUT2D eigenvalue weighted by molar-refractivity contribution is 5.93. The van der Waals surface area contributed by atoms with E-state index < -0.39 is 0 Å². The Morgan fingerprint density at radius 2 is 1.27 bits per heavy atom. The fourth-order valence-corrected chi connectivity index (χ4v) is 3.90. The number of fused-ring (bicyclic) bond motifs is 3. The van der Waals surface area contributed by atoms with Crippen molar-refractivity contribution < 1.29 is 9.53 Å². The molecule has 0 fully saturated rings. The molecule has 0 saturated heterocycles. The van der Waals surface area contributed by atoms with Crippen LogP contribution in [0.25, 0.3) is 11.1 Å². The summed E-state index contributed by atoms with van der Waals surface area (Å²) in [5, 5.41) is 0. The number of esters is 1. The molecule has 0 atom stereocenters. The lowest BCUT2D eigenvalue weighted by Gasteiger charge is -2.13. The second-order valence-corrected chi connectivity index (χ2v) is 7.25. The van der Waals surface area contributed by atoms with E-state index in [1.54, 1.807) is 0 Å². The van der Waals surface area contributed by atoms with Crippen molar-refractivity contribution in [3.8, 4) is 11.1 Å². The normalized spacial score (nSPS) is 12.7. The molecule has 3 rings (SSSR count). The molecule has 0 N–H and O–H groups in total. The number of carbonyl (C=O) groups excluding carboxylic acids is 1. The molecule has 1 aliphatic carbocycles. The van der Waals surface area contributed by atoms with E-state index in [1.165, 1.54) is 38.5 Å². The van der Waals surface area contributed by atoms with Gasteiger partial charge in [0.2, 0.25) is 0 Å². The van der Waals surface area contributed by atoms with Gasteiger partial charge in [-0.05, 0) is 28.7 Å². The molecule has 2 aromatic carbocycles. The molecule has 0 spiro atoms. The molecular weight excluding hydrogens is 320 g/mol. The molecule has 2 nitrogen and oxygen atoms in total. The Morgan fingerprint density at radius 1 is 0.769 bits per heavy atom. The summed E-state index contributed by atoms with van der Waals surface area (Å²) in [4.78, 5) is 12.8. The first-order valence-corrected chi connectivity index (χ1v) is 10.2. The smallest absolute Gasteiger partial charge is 0.317 e. The van der Waals surface area contributed by atoms with Gasteiger partial charge in [-0.25, -0.2) is 0 Å². The van der Waals surface area contributed by atoms with Gasteiger partial charge in [-0.2, -0.15) is 0 Å². The van der Waals surface area contributed by atoms with Crippen LogP contribution in [0.5, 0.6) is 0 Å². The molecule has 138 valence electrons. The largest absolute Gasteiger partial charge is 0.465 e. The number of rotatable bonds is 10. The summed E-state index contributed by atoms with van der Waals surface area (Å²) in [7, 11) is 0. The lowest BCUT2D eigenvalue weighted by atomic mass is 9.97. The Kier molecular flexibility index (Phi) is 6.88. The Morgan fingerprint density at radius 3 is 1.85 bits per heavy atom. The van der Waals surface area contributed by atoms with Gasteiger partial charge in [0.1, 0.15) is 5.92 Å². The zero-order valence-corrected chi connectivity index (χ0v) is 15.9. The van der Waals surface area contributed by atoms with Gasteiger partial charge in [-0.15, -0.1) is 0 Å². The number of unbranched alkanes of at least 4 members (excludes halogenated alkanes) is 7. The average Bonchev–Trinajstić information content (AvgIpc) is 3.01. The van der Waals surface area contributed by atoms with Gasteiger partial charge in [0.05, 0.1) is 6.61 Å². The first-order chi connectivity index (χ1) is 12.8. The van der Waals surface area contributed by atoms with E-state index in [0.717, 1.165) is 35.1 Å². The van der Waals surface area contributed by atoms with Gasteiger partial charge in [0.25, 0.3) is 0 Å². The maximum atomic E-state index is 12.8. The standard InChI is InChI=1S/C24H30O2/c1-2-3-4-5-6-7-8-13-18-26-24(25)23-21-16-11-9-14-19(21)20-15-10-12-17-22(20)23/h9-12,14-17,23H,2-8,13,18H2,1H3. The zero-order valence-electron chi connectivity index (χ0n) is 15.9. The zero-order chi connectivity index (χ0) is 18.2. The quantitative estimate of drug-likeness (QED) is 0.362. The van der Waals surface area contributed by atoms with Crippen LogP contribution in [0.2, 0.25) is 0 Å². The van der Waals surface area contributed by atoms with Crippen LogP contribution in [0.4, 0.5) is 0 Å². The third-order valence-electron chi connectivity index (χ3n) is 5.31. The molecule has 0 aromatic heterocycles. The number of benzene rings is 2. The SMILES string of the molecule is CCCCCCCCCCOC(=O)C1c2ccccc2-c2ccccc21. The van der Waals surface area contributed by atoms with Gasteiger partial charge >= 0.3 is 5.97 Å². The minimum absolute atomic E-state index is 0.106. The summed E-state index contributed by atoms with van der Waals surface area (Å²) in [6.07, 6.45) is 10.0. The Labute approximate surface area is 157 Å². The molecule has 0 saturated carbocycles. The second-order valence-electron chi connectivity index (χ2n) is 7.25. The topological polar surface area (TPSA) is 26.3 Å². The van der Waals surface area contributed by atoms with E-state index >= 15 is 0 Å². The predicted molar refractivity (Wildman–Crippen MR) is 107 cm³/mol. The lowest BCUT2D eigenvalue weighted by molar-refractivity contribution is -0.144. The minimum atomic E-state index is -0.267. The fourth-order valence-electron chi connectivity index (χ4n) is 3.90. The summed E-state index contributed by atoms with van der Waals surface area (Å²) in [5.41, 5.74) is 4.48. The first kappa shape index (κ1) is 18.7. The molecular formula is C24H30O2. The molecule has 0 aliphatic heterocycles. The molecule has 1 aliphatic rings. The van der Waals surface area contributed by atoms with Gasteiger partial charge in [-0.3, -0.25) is 4.79 Å². The Hall–Kier alpha value is -2.09. The van der Waals surface area contributed by atoms with Crippen LogP contribution in [0.3, 0.4) is 0 Å². The van der Waals surface area contributed by atoms with Gasteiger partial charge in [-0.1, -0.05) is 100 Å². The van der Waals surface area contributed by atoms with Crippen LogP contribution in [0.15, 0.2) is 48.5 Å². The van der Waals surface area contributed by atoms with Crippen LogP contribution in [-0.2, 0) is 9.53 Å². The summed E-state index contributed by atoms with van der Waals surface area (Å²) in [6, 6.07) is 16.4. The molecule has 2 aromatic rings. The van der Waals surface area contributed by atoms with Crippen LogP contribution < -0.4 is 0 Å². The van der Waals surface area contributed by atoms with Crippen molar-refractivity contribution >= 4 is 5.97 Å². The minimum Gasteiger partial charge on any atom is -0.465 e. The summed E-state index contributed by atoms with van der Waals surface area (Å²) < 4.78 is 5.65. The van der Waals surface area contributed by atoms with Crippen LogP contribution in [0, 0.1) is 0 Å². The van der Waals surface area contributed by atoms with Crippen molar-refractivity contribution in [3.63, 3.8) is 0 Å². The highest BCUT2D eigenvalue weighted by Crippen LogP contribution is 2.44. The molecule has 0 amide bonds. The van der Waals surface area contributed by atoms with Crippen LogP contribution in [-0.4, -0.2) is 12.6 Å². The maximum Gasteiger partial charge on any atom is 0.317 e. The molecule has 2 heteroatoms. The fraction of sp³-hybridized carbons (Fsp3) is 0.458. The molecule has 26 heavy (non-hydrogen) atoms. The lowest BCUT2D eigenvalue weighted by Crippen LogP contribution is -2.16. The van der Waals surface area contributed by atoms with Gasteiger partial charge in [0.15, 0.2) is 0 Å². The Balaban J connectivity index is 1.48. The van der Waals surface area contributed by atoms with Crippen molar-refractivity contribution in [1.29, 1.82) is 0 Å². The van der Waals surface area contributed by atoms with E-state index in [4.69, 9.17) is 4.74 Å². The van der Waals surface area contributed by atoms with Crippen molar-refractivity contribution in [1.82, 2.24) is 0 Å². The van der Waals surface area contributed by atoms with Crippen molar-refractivity contribution in [2.24, 2.45) is 0 Å². The van der Waals surface area contributed by atoms with Gasteiger partial charge < -0.3 is 4.74 Å². The van der Waals surface area contributed by atoms with E-state index in [-0.39, 0.29) is 11.9 Å². The Bertz CT molecular complexity index is 674. The first-order valence-electron chi connectivity index (χ1n) is 10.2. The van der Waals surface area contributed by atoms with E-state index in [0.29, 0.717) is 6.61 Å². The number of hydrogen-bond donors (Lipinski definition) is 0. The van der Waals surface area contributed by atoms with Crippen molar-refractivity contribution in [2.75, 3.05) is 6.61 Å². The second kappa shape index (κ2) is 9.56. The predicted octanol–water partition coefficient (Wildman–Crippen LogP) is 6.48. The summed E-state index contributed by atoms with van der Waals surface area (Å²) >= 11 is 0. The third-order valence-corrected chi connectivity index (χ3v) is 5.31. The highest BCUT2D eigenvalue weighted by Gasteiger charge is 2.34. The molecule has 0 bridgehead atoms. The van der Waals surface area contributed by atoms with Crippen LogP contribution in [0.1, 0.15) is 75.3 Å². The summed E-state index contributed by atoms with van der Waals surface area (Å²) in [5.74, 6) is -0.373. The number of ether oxygens (including phenoxy) is 1. The van der Waals surface area contributed by atoms with E-state index in [1.807, 2.05) is 24.3 Å². The number of carbonyl (C=O) groups is 1. The van der Waals surface area contributed by atoms with E-state index in [9.17, 15) is 4.79 Å². The third kappa shape index (κ3) is 4.35. The molecule has 0 heterocycles. The van der Waals surface area contributed by atoms with Crippen molar-refractivity contribution in [2.45, 2.75) is 64.2 Å². The molecule has 0 radical (unpaired) electrons. The van der Waals surface area contributed by atoms with Crippen molar-refractivity contribution in [3.05, 3.63) is 59.7 Å². The molecule has 0 unspecified atom stereocenters. The van der Waals surface area contributed by atoms with E-state index in [2.05, 4.69) is 31.2 Å². The monoisotopic (exact) mass is 350 g/mol. The summed E-state index contributed by atoms with van der Waals surface area (Å²) in [6.45, 7) is 2.78. The van der Waals surface area contributed by atoms with Crippen LogP contribution >= 0.6 is 0 Å². The number of hydrogen-bond acceptors (Lipinski definition) is 2. The average molecular weight is 351 g/mol. The maximum absolute atomic E-state index is 12.8. The van der Waals surface area contributed by atoms with Gasteiger partial charge in [0, 0.05) is 0 Å². The highest BCUT2D eigenvalue weighted by atomic mass is 16.5.